The Morgan fingerprint density at radius 1 is 0.923 bits per heavy atom. The summed E-state index contributed by atoms with van der Waals surface area (Å²) in [5.41, 5.74) is 11.8. The molecule has 266 valence electrons. The summed E-state index contributed by atoms with van der Waals surface area (Å²) in [6.45, 7) is 19.2. The molecule has 7 rings (SSSR count). The van der Waals surface area contributed by atoms with Gasteiger partial charge in [-0.05, 0) is 90.3 Å². The maximum Gasteiger partial charge on any atom is 0.293 e. The third-order valence-corrected chi connectivity index (χ3v) is 10.5. The molecule has 2 aliphatic heterocycles. The lowest BCUT2D eigenvalue weighted by Crippen LogP contribution is -2.23. The second-order valence-electron chi connectivity index (χ2n) is 14.0. The largest absolute Gasteiger partial charge is 0.496 e. The van der Waals surface area contributed by atoms with Crippen LogP contribution in [0.15, 0.2) is 60.8 Å². The number of aliphatic hydroxyl groups is 1. The number of β-amino-alcohol motifs (C(OH)–C–C–N with tert-alkyl or cyclic N) is 1. The Balaban J connectivity index is 1.15. The predicted molar refractivity (Wildman–Crippen MR) is 203 cm³/mol. The van der Waals surface area contributed by atoms with Gasteiger partial charge >= 0.3 is 0 Å². The van der Waals surface area contributed by atoms with E-state index in [9.17, 15) is 9.90 Å². The van der Waals surface area contributed by atoms with Crippen LogP contribution in [0.3, 0.4) is 0 Å². The molecule has 0 spiro atoms. The summed E-state index contributed by atoms with van der Waals surface area (Å²) in [6, 6.07) is 18.8. The van der Waals surface area contributed by atoms with Gasteiger partial charge in [0.05, 0.1) is 19.8 Å². The quantitative estimate of drug-likeness (QED) is 0.0894. The molecule has 0 aliphatic carbocycles. The van der Waals surface area contributed by atoms with Crippen molar-refractivity contribution in [3.05, 3.63) is 111 Å². The van der Waals surface area contributed by atoms with Gasteiger partial charge in [0.1, 0.15) is 11.9 Å². The molecule has 4 heterocycles. The SMILES string of the molecule is [C-]#[N+]c1cc(CN2CC[C@@H](OC=O)C2)cn2nc(-c3cccc(-c4cccc(/C=C/c5cc(OC)c(CN6CC[C@@H](O)C6)cc5C)c4C)c3C)nc12. The molecular formula is C42H44N6O4. The Morgan fingerprint density at radius 3 is 2.40 bits per heavy atom. The average molecular weight is 697 g/mol. The number of pyridine rings is 1. The molecule has 2 saturated heterocycles. The number of rotatable bonds is 11. The van der Waals surface area contributed by atoms with E-state index in [4.69, 9.17) is 26.1 Å². The van der Waals surface area contributed by atoms with Gasteiger partial charge in [0.15, 0.2) is 11.5 Å². The van der Waals surface area contributed by atoms with Crippen LogP contribution in [0.25, 0.3) is 45.2 Å². The number of aryl methyl sites for hydroxylation is 1. The first kappa shape index (κ1) is 35.1. The number of carbonyl (C=O) groups excluding carboxylic acids is 1. The summed E-state index contributed by atoms with van der Waals surface area (Å²) in [5, 5.41) is 14.8. The van der Waals surface area contributed by atoms with E-state index in [2.05, 4.69) is 84.0 Å². The fraction of sp³-hybridized carbons (Fsp3) is 0.333. The number of methoxy groups -OCH3 is 1. The van der Waals surface area contributed by atoms with Crippen molar-refractivity contribution in [2.45, 2.75) is 58.9 Å². The number of fused-ring (bicyclic) bond motifs is 1. The summed E-state index contributed by atoms with van der Waals surface area (Å²) in [7, 11) is 1.71. The summed E-state index contributed by atoms with van der Waals surface area (Å²) < 4.78 is 12.7. The third kappa shape index (κ3) is 7.21. The maximum absolute atomic E-state index is 10.8. The van der Waals surface area contributed by atoms with E-state index >= 15 is 0 Å². The molecular weight excluding hydrogens is 653 g/mol. The Hall–Kier alpha value is -5.34. The van der Waals surface area contributed by atoms with E-state index in [1.54, 1.807) is 11.6 Å². The monoisotopic (exact) mass is 696 g/mol. The summed E-state index contributed by atoms with van der Waals surface area (Å²) in [5.74, 6) is 1.43. The van der Waals surface area contributed by atoms with Gasteiger partial charge in [0.2, 0.25) is 5.69 Å². The number of aliphatic hydroxyl groups excluding tert-OH is 1. The molecule has 0 unspecified atom stereocenters. The third-order valence-electron chi connectivity index (χ3n) is 10.5. The van der Waals surface area contributed by atoms with Crippen LogP contribution in [-0.2, 0) is 22.6 Å². The fourth-order valence-electron chi connectivity index (χ4n) is 7.62. The van der Waals surface area contributed by atoms with Crippen LogP contribution in [-0.4, -0.2) is 81.5 Å². The molecule has 0 saturated carbocycles. The van der Waals surface area contributed by atoms with Gasteiger partial charge in [0.25, 0.3) is 6.47 Å². The van der Waals surface area contributed by atoms with E-state index in [1.165, 1.54) is 11.1 Å². The number of ether oxygens (including phenoxy) is 2. The molecule has 0 radical (unpaired) electrons. The number of benzene rings is 3. The van der Waals surface area contributed by atoms with Crippen LogP contribution in [0.2, 0.25) is 0 Å². The van der Waals surface area contributed by atoms with Crippen LogP contribution >= 0.6 is 0 Å². The Kier molecular flexibility index (Phi) is 10.2. The van der Waals surface area contributed by atoms with Crippen molar-refractivity contribution in [1.82, 2.24) is 24.4 Å². The average Bonchev–Trinajstić information content (AvgIpc) is 3.88. The summed E-state index contributed by atoms with van der Waals surface area (Å²) in [4.78, 5) is 23.9. The van der Waals surface area contributed by atoms with E-state index < -0.39 is 0 Å². The van der Waals surface area contributed by atoms with Gasteiger partial charge in [-0.2, -0.15) is 0 Å². The summed E-state index contributed by atoms with van der Waals surface area (Å²) >= 11 is 0. The molecule has 10 heteroatoms. The van der Waals surface area contributed by atoms with Crippen LogP contribution < -0.4 is 4.74 Å². The van der Waals surface area contributed by atoms with Gasteiger partial charge < -0.3 is 14.6 Å². The van der Waals surface area contributed by atoms with Crippen LogP contribution in [0, 0.1) is 27.3 Å². The van der Waals surface area contributed by atoms with E-state index in [0.717, 1.165) is 82.7 Å². The number of likely N-dealkylation sites (tertiary alicyclic amines) is 2. The van der Waals surface area contributed by atoms with Crippen molar-refractivity contribution in [3.63, 3.8) is 0 Å². The molecule has 0 amide bonds. The smallest absolute Gasteiger partial charge is 0.293 e. The van der Waals surface area contributed by atoms with E-state index in [0.29, 0.717) is 43.3 Å². The zero-order chi connectivity index (χ0) is 36.4. The van der Waals surface area contributed by atoms with Crippen molar-refractivity contribution in [2.24, 2.45) is 0 Å². The standard InChI is InChI=1S/C42H44N6O4/c1-27-18-33(23-47-16-14-34(50)24-47)40(51-5)20-32(27)13-12-31-8-6-9-36(28(31)2)37-10-7-11-38(29(37)3)41-44-42-39(43-4)19-30(22-48(42)45-41)21-46-17-15-35(25-46)52-26-49/h6-13,18-20,22,26,34-35,50H,14-17,21,23-25H2,1-3,5H3/b13-12+/t34-,35-/m1/s1. The minimum atomic E-state index is -0.248. The highest BCUT2D eigenvalue weighted by Crippen LogP contribution is 2.35. The molecule has 2 fully saturated rings. The molecule has 3 aromatic carbocycles. The Labute approximate surface area is 304 Å². The minimum Gasteiger partial charge on any atom is -0.496 e. The number of carbonyl (C=O) groups is 1. The van der Waals surface area contributed by atoms with Crippen LogP contribution in [0.5, 0.6) is 5.75 Å². The van der Waals surface area contributed by atoms with Gasteiger partial charge in [0, 0.05) is 56.6 Å². The molecule has 2 aromatic heterocycles. The van der Waals surface area contributed by atoms with Crippen molar-refractivity contribution in [2.75, 3.05) is 33.3 Å². The highest BCUT2D eigenvalue weighted by molar-refractivity contribution is 5.83. The minimum absolute atomic E-state index is 0.0944. The van der Waals surface area contributed by atoms with Crippen molar-refractivity contribution >= 4 is 30.0 Å². The fourth-order valence-corrected chi connectivity index (χ4v) is 7.62. The number of aromatic nitrogens is 3. The van der Waals surface area contributed by atoms with Gasteiger partial charge in [-0.15, -0.1) is 5.10 Å². The lowest BCUT2D eigenvalue weighted by Gasteiger charge is -2.18. The van der Waals surface area contributed by atoms with Crippen LogP contribution in [0.4, 0.5) is 5.69 Å². The highest BCUT2D eigenvalue weighted by atomic mass is 16.5. The van der Waals surface area contributed by atoms with E-state index in [1.807, 2.05) is 24.4 Å². The highest BCUT2D eigenvalue weighted by Gasteiger charge is 2.25. The lowest BCUT2D eigenvalue weighted by atomic mass is 9.91. The zero-order valence-corrected chi connectivity index (χ0v) is 30.2. The molecule has 2 atom stereocenters. The molecule has 1 N–H and O–H groups in total. The number of hydrogen-bond acceptors (Lipinski definition) is 8. The molecule has 0 bridgehead atoms. The first-order valence-electron chi connectivity index (χ1n) is 17.8. The molecule has 2 aliphatic rings. The molecule has 5 aromatic rings. The van der Waals surface area contributed by atoms with E-state index in [-0.39, 0.29) is 12.2 Å². The Morgan fingerprint density at radius 2 is 1.65 bits per heavy atom. The molecule has 10 nitrogen and oxygen atoms in total. The molecule has 52 heavy (non-hydrogen) atoms. The summed E-state index contributed by atoms with van der Waals surface area (Å²) in [6.07, 6.45) is 7.53. The first-order chi connectivity index (χ1) is 25.2. The van der Waals surface area contributed by atoms with Gasteiger partial charge in [-0.3, -0.25) is 14.6 Å². The predicted octanol–water partition coefficient (Wildman–Crippen LogP) is 7.03. The second kappa shape index (κ2) is 15.1. The number of nitrogens with zero attached hydrogens (tertiary/aromatic N) is 6. The van der Waals surface area contributed by atoms with Crippen molar-refractivity contribution < 1.29 is 19.4 Å². The maximum atomic E-state index is 10.8. The topological polar surface area (TPSA) is 96.8 Å². The normalized spacial score (nSPS) is 18.0. The van der Waals surface area contributed by atoms with Crippen molar-refractivity contribution in [1.29, 1.82) is 0 Å². The van der Waals surface area contributed by atoms with Crippen molar-refractivity contribution in [3.8, 4) is 28.3 Å². The number of hydrogen-bond donors (Lipinski definition) is 1. The van der Waals surface area contributed by atoms with Crippen LogP contribution in [0.1, 0.15) is 51.8 Å². The van der Waals surface area contributed by atoms with Gasteiger partial charge in [-0.25, -0.2) is 14.3 Å². The first-order valence-corrected chi connectivity index (χ1v) is 17.8. The van der Waals surface area contributed by atoms with Gasteiger partial charge in [-0.1, -0.05) is 54.6 Å². The zero-order valence-electron chi connectivity index (χ0n) is 30.2. The Bertz CT molecular complexity index is 2200. The lowest BCUT2D eigenvalue weighted by molar-refractivity contribution is -0.132. The second-order valence-corrected chi connectivity index (χ2v) is 14.0.